The second kappa shape index (κ2) is 7.53. The van der Waals surface area contributed by atoms with Crippen molar-refractivity contribution in [2.45, 2.75) is 6.54 Å². The van der Waals surface area contributed by atoms with Crippen LogP contribution >= 0.6 is 11.3 Å². The minimum atomic E-state index is -0.235. The molecule has 0 bridgehead atoms. The Hall–Kier alpha value is -2.60. The molecule has 130 valence electrons. The van der Waals surface area contributed by atoms with Crippen molar-refractivity contribution in [1.82, 2.24) is 4.98 Å². The van der Waals surface area contributed by atoms with Gasteiger partial charge in [0.2, 0.25) is 0 Å². The van der Waals surface area contributed by atoms with Crippen LogP contribution in [0.15, 0.2) is 53.9 Å². The third-order valence-corrected chi connectivity index (χ3v) is 4.86. The average molecular weight is 356 g/mol. The van der Waals surface area contributed by atoms with E-state index >= 15 is 0 Å². The molecule has 0 spiro atoms. The number of benzene rings is 2. The molecule has 0 saturated heterocycles. The van der Waals surface area contributed by atoms with E-state index in [0.717, 1.165) is 22.2 Å². The zero-order valence-corrected chi connectivity index (χ0v) is 15.3. The van der Waals surface area contributed by atoms with Crippen LogP contribution < -0.4 is 15.1 Å². The Morgan fingerprint density at radius 3 is 2.24 bits per heavy atom. The molecule has 0 radical (unpaired) electrons. The number of halogens is 1. The number of hydrogen-bond acceptors (Lipinski definition) is 5. The molecule has 2 aromatic carbocycles. The van der Waals surface area contributed by atoms with Gasteiger partial charge >= 0.3 is 0 Å². The summed E-state index contributed by atoms with van der Waals surface area (Å²) >= 11 is 1.57. The molecule has 3 rings (SSSR count). The number of aromatic nitrogens is 1. The Morgan fingerprint density at radius 1 is 0.960 bits per heavy atom. The molecule has 0 unspecified atom stereocenters. The molecule has 1 aromatic heterocycles. The summed E-state index contributed by atoms with van der Waals surface area (Å²) in [5.41, 5.74) is 4.12. The Balaban J connectivity index is 1.62. The van der Waals surface area contributed by atoms with Crippen LogP contribution in [0.1, 0.15) is 5.69 Å². The molecule has 0 amide bonds. The molecule has 0 aliphatic rings. The average Bonchev–Trinajstić information content (AvgIpc) is 3.09. The molecule has 0 aliphatic heterocycles. The molecule has 0 aliphatic carbocycles. The van der Waals surface area contributed by atoms with Crippen LogP contribution in [-0.2, 0) is 6.54 Å². The highest BCUT2D eigenvalue weighted by atomic mass is 32.1. The largest absolute Gasteiger partial charge is 0.379 e. The smallest absolute Gasteiger partial charge is 0.189 e. The van der Waals surface area contributed by atoms with E-state index < -0.39 is 0 Å². The van der Waals surface area contributed by atoms with Gasteiger partial charge in [-0.05, 0) is 48.5 Å². The fourth-order valence-electron chi connectivity index (χ4n) is 2.38. The minimum absolute atomic E-state index is 0.235. The van der Waals surface area contributed by atoms with Gasteiger partial charge in [0.05, 0.1) is 12.2 Å². The topological polar surface area (TPSA) is 31.4 Å². The zero-order valence-electron chi connectivity index (χ0n) is 14.5. The first-order valence-corrected chi connectivity index (χ1v) is 8.86. The minimum Gasteiger partial charge on any atom is -0.379 e. The predicted molar refractivity (Wildman–Crippen MR) is 105 cm³/mol. The van der Waals surface area contributed by atoms with Crippen molar-refractivity contribution in [3.63, 3.8) is 0 Å². The monoisotopic (exact) mass is 356 g/mol. The van der Waals surface area contributed by atoms with Crippen molar-refractivity contribution in [2.75, 3.05) is 36.3 Å². The highest BCUT2D eigenvalue weighted by Crippen LogP contribution is 2.27. The van der Waals surface area contributed by atoms with Gasteiger partial charge < -0.3 is 15.1 Å². The third-order valence-electron chi connectivity index (χ3n) is 3.90. The van der Waals surface area contributed by atoms with Gasteiger partial charge in [-0.15, -0.1) is 11.3 Å². The fraction of sp³-hybridized carbons (Fsp3) is 0.211. The maximum absolute atomic E-state index is 13.0. The van der Waals surface area contributed by atoms with Gasteiger partial charge in [0.1, 0.15) is 5.82 Å². The highest BCUT2D eigenvalue weighted by Gasteiger charge is 2.09. The van der Waals surface area contributed by atoms with Crippen molar-refractivity contribution in [2.24, 2.45) is 0 Å². The third kappa shape index (κ3) is 4.28. The van der Waals surface area contributed by atoms with E-state index in [2.05, 4.69) is 39.5 Å². The van der Waals surface area contributed by atoms with Gasteiger partial charge in [-0.1, -0.05) is 0 Å². The van der Waals surface area contributed by atoms with Crippen LogP contribution in [0.2, 0.25) is 0 Å². The molecule has 4 nitrogen and oxygen atoms in total. The summed E-state index contributed by atoms with van der Waals surface area (Å²) in [6.45, 7) is 0.662. The van der Waals surface area contributed by atoms with Gasteiger partial charge in [0, 0.05) is 43.6 Å². The summed E-state index contributed by atoms with van der Waals surface area (Å²) in [6.07, 6.45) is 0. The van der Waals surface area contributed by atoms with E-state index in [1.165, 1.54) is 17.8 Å². The normalized spacial score (nSPS) is 10.6. The lowest BCUT2D eigenvalue weighted by Gasteiger charge is -2.15. The maximum Gasteiger partial charge on any atom is 0.189 e. The molecule has 0 fully saturated rings. The van der Waals surface area contributed by atoms with Gasteiger partial charge in [-0.2, -0.15) is 0 Å². The number of rotatable bonds is 6. The van der Waals surface area contributed by atoms with Crippen LogP contribution in [-0.4, -0.2) is 26.1 Å². The van der Waals surface area contributed by atoms with Crippen LogP contribution in [0.4, 0.5) is 26.6 Å². The number of anilines is 4. The summed E-state index contributed by atoms with van der Waals surface area (Å²) in [5, 5.41) is 6.30. The maximum atomic E-state index is 13.0. The van der Waals surface area contributed by atoms with Gasteiger partial charge in [0.15, 0.2) is 5.13 Å². The Labute approximate surface area is 151 Å². The molecule has 0 atom stereocenters. The van der Waals surface area contributed by atoms with E-state index in [-0.39, 0.29) is 5.82 Å². The zero-order chi connectivity index (χ0) is 17.8. The predicted octanol–water partition coefficient (Wildman–Crippen LogP) is 4.73. The summed E-state index contributed by atoms with van der Waals surface area (Å²) in [7, 11) is 5.98. The Bertz CT molecular complexity index is 812. The lowest BCUT2D eigenvalue weighted by molar-refractivity contribution is 0.628. The van der Waals surface area contributed by atoms with Crippen molar-refractivity contribution in [3.05, 3.63) is 65.4 Å². The number of nitrogens with one attached hydrogen (secondary N) is 1. The van der Waals surface area contributed by atoms with Gasteiger partial charge in [0.25, 0.3) is 0 Å². The number of hydrogen-bond donors (Lipinski definition) is 1. The first-order chi connectivity index (χ1) is 12.0. The van der Waals surface area contributed by atoms with E-state index in [9.17, 15) is 4.39 Å². The van der Waals surface area contributed by atoms with Gasteiger partial charge in [-0.3, -0.25) is 0 Å². The van der Waals surface area contributed by atoms with E-state index in [4.69, 9.17) is 0 Å². The van der Waals surface area contributed by atoms with Crippen LogP contribution in [0.5, 0.6) is 0 Å². The number of thiazole rings is 1. The van der Waals surface area contributed by atoms with Gasteiger partial charge in [-0.25, -0.2) is 9.37 Å². The molecule has 1 N–H and O–H groups in total. The molecule has 6 heteroatoms. The summed E-state index contributed by atoms with van der Waals surface area (Å²) in [5.74, 6) is -0.235. The first-order valence-electron chi connectivity index (χ1n) is 7.98. The van der Waals surface area contributed by atoms with Crippen molar-refractivity contribution in [3.8, 4) is 0 Å². The second-order valence-electron chi connectivity index (χ2n) is 5.95. The van der Waals surface area contributed by atoms with E-state index in [0.29, 0.717) is 6.54 Å². The standard InChI is InChI=1S/C19H21FN4S/c1-23(2)17-10-6-15(7-11-17)21-12-16-13-25-19(22-16)24(3)18-8-4-14(20)5-9-18/h4-11,13,21H,12H2,1-3H3. The quantitative estimate of drug-likeness (QED) is 0.692. The highest BCUT2D eigenvalue weighted by molar-refractivity contribution is 7.13. The summed E-state index contributed by atoms with van der Waals surface area (Å²) < 4.78 is 13.0. The Kier molecular flexibility index (Phi) is 5.19. The fourth-order valence-corrected chi connectivity index (χ4v) is 3.19. The molecule has 25 heavy (non-hydrogen) atoms. The molecule has 3 aromatic rings. The van der Waals surface area contributed by atoms with E-state index in [1.807, 2.05) is 31.4 Å². The van der Waals surface area contributed by atoms with Crippen LogP contribution in [0, 0.1) is 5.82 Å². The van der Waals surface area contributed by atoms with Crippen LogP contribution in [0.3, 0.4) is 0 Å². The van der Waals surface area contributed by atoms with Crippen molar-refractivity contribution in [1.29, 1.82) is 0 Å². The first kappa shape index (κ1) is 17.2. The SMILES string of the molecule is CN(C)c1ccc(NCc2csc(N(C)c3ccc(F)cc3)n2)cc1. The Morgan fingerprint density at radius 2 is 1.60 bits per heavy atom. The summed E-state index contributed by atoms with van der Waals surface area (Å²) in [6, 6.07) is 14.7. The molecular formula is C19H21FN4S. The lowest BCUT2D eigenvalue weighted by Crippen LogP contribution is -2.09. The number of nitrogens with zero attached hydrogens (tertiary/aromatic N) is 3. The van der Waals surface area contributed by atoms with Crippen molar-refractivity contribution >= 4 is 33.5 Å². The molecule has 0 saturated carbocycles. The van der Waals surface area contributed by atoms with Crippen molar-refractivity contribution < 1.29 is 4.39 Å². The molecular weight excluding hydrogens is 335 g/mol. The van der Waals surface area contributed by atoms with Crippen LogP contribution in [0.25, 0.3) is 0 Å². The molecule has 1 heterocycles. The second-order valence-corrected chi connectivity index (χ2v) is 6.79. The lowest BCUT2D eigenvalue weighted by atomic mass is 10.2. The van der Waals surface area contributed by atoms with E-state index in [1.54, 1.807) is 23.5 Å². The summed E-state index contributed by atoms with van der Waals surface area (Å²) in [4.78, 5) is 8.68.